The van der Waals surface area contributed by atoms with E-state index in [1.807, 2.05) is 6.92 Å². The zero-order valence-electron chi connectivity index (χ0n) is 17.7. The molecule has 1 aliphatic rings. The quantitative estimate of drug-likeness (QED) is 0.406. The molecular weight excluding hydrogens is 477 g/mol. The van der Waals surface area contributed by atoms with E-state index in [9.17, 15) is 14.0 Å². The molecule has 1 fully saturated rings. The number of H-pyrrole nitrogens is 1. The number of aromatic amines is 1. The average Bonchev–Trinajstić information content (AvgIpc) is 2.82. The van der Waals surface area contributed by atoms with Crippen molar-refractivity contribution in [2.45, 2.75) is 25.8 Å². The molecule has 168 valence electrons. The van der Waals surface area contributed by atoms with Crippen LogP contribution in [0.15, 0.2) is 53.6 Å². The molecule has 3 heterocycles. The summed E-state index contributed by atoms with van der Waals surface area (Å²) in [4.78, 5) is 35.7. The zero-order chi connectivity index (χ0) is 22.9. The predicted octanol–water partition coefficient (Wildman–Crippen LogP) is 4.07. The Labute approximate surface area is 194 Å². The van der Waals surface area contributed by atoms with E-state index in [2.05, 4.69) is 36.2 Å². The second-order valence-electron chi connectivity index (χ2n) is 7.21. The van der Waals surface area contributed by atoms with Crippen LogP contribution in [0.3, 0.4) is 0 Å². The third-order valence-corrected chi connectivity index (χ3v) is 5.02. The second-order valence-corrected chi connectivity index (χ2v) is 8.33. The molecule has 0 bridgehead atoms. The number of likely N-dealkylation sites (tertiary alicyclic amines) is 1. The molecule has 0 aliphatic carbocycles. The van der Waals surface area contributed by atoms with Crippen LogP contribution in [0.25, 0.3) is 22.4 Å². The summed E-state index contributed by atoms with van der Waals surface area (Å²) in [5, 5.41) is 4.29. The summed E-state index contributed by atoms with van der Waals surface area (Å²) >= 11 is 3.15. The van der Waals surface area contributed by atoms with Crippen molar-refractivity contribution < 1.29 is 9.18 Å². The highest BCUT2D eigenvalue weighted by Gasteiger charge is 2.19. The topological polar surface area (TPSA) is 91.0 Å². The van der Waals surface area contributed by atoms with Gasteiger partial charge < -0.3 is 15.2 Å². The monoisotopic (exact) mass is 501 g/mol. The SMILES string of the molecule is CCBr.O=CN1CCC(Nc2ncc(F)c(-c3cccc(-c4ccc[nH]c4=O)c3)n2)CC1. The lowest BCUT2D eigenvalue weighted by Gasteiger charge is -2.29. The summed E-state index contributed by atoms with van der Waals surface area (Å²) in [5.41, 5.74) is 1.70. The van der Waals surface area contributed by atoms with Crippen molar-refractivity contribution in [1.29, 1.82) is 0 Å². The Morgan fingerprint density at radius 2 is 1.97 bits per heavy atom. The van der Waals surface area contributed by atoms with Crippen LogP contribution >= 0.6 is 15.9 Å². The number of hydrogen-bond donors (Lipinski definition) is 2. The molecule has 1 aromatic carbocycles. The van der Waals surface area contributed by atoms with E-state index < -0.39 is 5.82 Å². The number of rotatable bonds is 5. The lowest BCUT2D eigenvalue weighted by Crippen LogP contribution is -2.38. The molecule has 32 heavy (non-hydrogen) atoms. The van der Waals surface area contributed by atoms with Gasteiger partial charge in [0.2, 0.25) is 12.4 Å². The van der Waals surface area contributed by atoms with E-state index in [4.69, 9.17) is 0 Å². The molecule has 4 rings (SSSR count). The van der Waals surface area contributed by atoms with Crippen molar-refractivity contribution in [3.05, 3.63) is 65.0 Å². The van der Waals surface area contributed by atoms with E-state index in [-0.39, 0.29) is 17.3 Å². The number of nitrogens with zero attached hydrogens (tertiary/aromatic N) is 3. The second kappa shape index (κ2) is 11.5. The van der Waals surface area contributed by atoms with Gasteiger partial charge in [0.05, 0.1) is 6.20 Å². The number of halogens is 2. The van der Waals surface area contributed by atoms with Crippen LogP contribution in [-0.2, 0) is 4.79 Å². The van der Waals surface area contributed by atoms with Crippen LogP contribution in [0.5, 0.6) is 0 Å². The molecule has 1 amide bonds. The van der Waals surface area contributed by atoms with Gasteiger partial charge in [0.1, 0.15) is 5.69 Å². The molecule has 2 N–H and O–H groups in total. The van der Waals surface area contributed by atoms with Gasteiger partial charge in [-0.3, -0.25) is 9.59 Å². The first-order chi connectivity index (χ1) is 15.5. The van der Waals surface area contributed by atoms with Gasteiger partial charge in [-0.05, 0) is 36.6 Å². The smallest absolute Gasteiger partial charge is 0.255 e. The van der Waals surface area contributed by atoms with Gasteiger partial charge in [0, 0.05) is 41.8 Å². The molecule has 1 saturated heterocycles. The number of hydrogen-bond acceptors (Lipinski definition) is 5. The first-order valence-electron chi connectivity index (χ1n) is 10.4. The summed E-state index contributed by atoms with van der Waals surface area (Å²) in [6, 6.07) is 10.6. The van der Waals surface area contributed by atoms with Crippen molar-refractivity contribution in [3.8, 4) is 22.4 Å². The minimum absolute atomic E-state index is 0.124. The Morgan fingerprint density at radius 1 is 1.25 bits per heavy atom. The largest absolute Gasteiger partial charge is 0.351 e. The number of piperidine rings is 1. The number of carbonyl (C=O) groups is 1. The van der Waals surface area contributed by atoms with Gasteiger partial charge >= 0.3 is 0 Å². The van der Waals surface area contributed by atoms with Gasteiger partial charge in [-0.1, -0.05) is 41.1 Å². The van der Waals surface area contributed by atoms with Gasteiger partial charge in [-0.15, -0.1) is 0 Å². The van der Waals surface area contributed by atoms with Crippen LogP contribution in [0, 0.1) is 5.82 Å². The maximum absolute atomic E-state index is 14.5. The average molecular weight is 502 g/mol. The summed E-state index contributed by atoms with van der Waals surface area (Å²) in [6.07, 6.45) is 5.13. The van der Waals surface area contributed by atoms with Gasteiger partial charge in [-0.25, -0.2) is 14.4 Å². The van der Waals surface area contributed by atoms with Gasteiger partial charge in [0.15, 0.2) is 5.82 Å². The molecule has 0 atom stereocenters. The molecule has 1 aliphatic heterocycles. The van der Waals surface area contributed by atoms with Crippen LogP contribution in [0.4, 0.5) is 10.3 Å². The Hall–Kier alpha value is -3.07. The standard InChI is InChI=1S/C21H20FN5O2.C2H5Br/c22-18-12-24-21(25-16-6-9-27(13-28)10-7-16)26-19(18)15-4-1-3-14(11-15)17-5-2-8-23-20(17)29;1-2-3/h1-5,8,11-13,16H,6-7,9-10H2,(H,23,29)(H,24,25,26);2H2,1H3. The highest BCUT2D eigenvalue weighted by molar-refractivity contribution is 9.09. The third kappa shape index (κ3) is 6.00. The Balaban J connectivity index is 0.000000913. The van der Waals surface area contributed by atoms with Crippen LogP contribution in [0.1, 0.15) is 19.8 Å². The number of anilines is 1. The molecule has 0 saturated carbocycles. The van der Waals surface area contributed by atoms with E-state index in [1.54, 1.807) is 47.5 Å². The summed E-state index contributed by atoms with van der Waals surface area (Å²) in [7, 11) is 0. The van der Waals surface area contributed by atoms with Crippen LogP contribution in [-0.4, -0.2) is 50.7 Å². The fourth-order valence-corrected chi connectivity index (χ4v) is 3.45. The number of benzene rings is 1. The summed E-state index contributed by atoms with van der Waals surface area (Å²) < 4.78 is 14.5. The number of pyridine rings is 1. The van der Waals surface area contributed by atoms with Crippen LogP contribution < -0.4 is 10.9 Å². The lowest BCUT2D eigenvalue weighted by atomic mass is 10.0. The number of alkyl halides is 1. The van der Waals surface area contributed by atoms with E-state index in [1.165, 1.54) is 0 Å². The Bertz CT molecular complexity index is 1100. The van der Waals surface area contributed by atoms with E-state index in [0.717, 1.165) is 30.8 Å². The normalized spacial score (nSPS) is 13.8. The molecule has 0 radical (unpaired) electrons. The highest BCUT2D eigenvalue weighted by Crippen LogP contribution is 2.26. The van der Waals surface area contributed by atoms with Crippen molar-refractivity contribution in [2.24, 2.45) is 0 Å². The highest BCUT2D eigenvalue weighted by atomic mass is 79.9. The lowest BCUT2D eigenvalue weighted by molar-refractivity contribution is -0.118. The minimum atomic E-state index is -0.537. The Kier molecular flexibility index (Phi) is 8.49. The van der Waals surface area contributed by atoms with Gasteiger partial charge in [-0.2, -0.15) is 0 Å². The molecule has 2 aromatic heterocycles. The van der Waals surface area contributed by atoms with Gasteiger partial charge in [0.25, 0.3) is 5.56 Å². The van der Waals surface area contributed by atoms with Crippen LogP contribution in [0.2, 0.25) is 0 Å². The summed E-state index contributed by atoms with van der Waals surface area (Å²) in [5.74, 6) is -0.195. The molecule has 0 spiro atoms. The zero-order valence-corrected chi connectivity index (χ0v) is 19.3. The van der Waals surface area contributed by atoms with E-state index in [0.29, 0.717) is 35.7 Å². The Morgan fingerprint density at radius 3 is 2.66 bits per heavy atom. The maximum atomic E-state index is 14.5. The first-order valence-corrected chi connectivity index (χ1v) is 11.5. The molecule has 9 heteroatoms. The maximum Gasteiger partial charge on any atom is 0.255 e. The molecular formula is C23H25BrFN5O2. The van der Waals surface area contributed by atoms with E-state index >= 15 is 0 Å². The number of aromatic nitrogens is 3. The fourth-order valence-electron chi connectivity index (χ4n) is 3.45. The van der Waals surface area contributed by atoms with Crippen molar-refractivity contribution >= 4 is 28.3 Å². The number of carbonyl (C=O) groups excluding carboxylic acids is 1. The first kappa shape index (κ1) is 23.6. The number of amides is 1. The molecule has 3 aromatic rings. The van der Waals surface area contributed by atoms with Crippen molar-refractivity contribution in [1.82, 2.24) is 19.9 Å². The number of nitrogens with one attached hydrogen (secondary N) is 2. The molecule has 7 nitrogen and oxygen atoms in total. The summed E-state index contributed by atoms with van der Waals surface area (Å²) in [6.45, 7) is 3.38. The minimum Gasteiger partial charge on any atom is -0.351 e. The van der Waals surface area contributed by atoms with Crippen molar-refractivity contribution in [3.63, 3.8) is 0 Å². The third-order valence-electron chi connectivity index (χ3n) is 5.02. The molecule has 0 unspecified atom stereocenters. The predicted molar refractivity (Wildman–Crippen MR) is 127 cm³/mol. The fraction of sp³-hybridized carbons (Fsp3) is 0.304. The van der Waals surface area contributed by atoms with Crippen molar-refractivity contribution in [2.75, 3.05) is 23.7 Å².